The van der Waals surface area contributed by atoms with Gasteiger partial charge in [-0.3, -0.25) is 4.79 Å². The Hall–Kier alpha value is -3.18. The van der Waals surface area contributed by atoms with Crippen LogP contribution in [0.5, 0.6) is 11.6 Å². The molecule has 0 aliphatic heterocycles. The summed E-state index contributed by atoms with van der Waals surface area (Å²) in [6, 6.07) is 5.21. The third-order valence-electron chi connectivity index (χ3n) is 7.03. The van der Waals surface area contributed by atoms with Crippen molar-refractivity contribution in [2.45, 2.75) is 71.5 Å². The Morgan fingerprint density at radius 3 is 2.24 bits per heavy atom. The SMILES string of the molecule is CCCOCC(COCCC)N(c1ccc(Oc2ncccc2C(F)(F)F)cc1C(=O)O)C(=O)[C@H]1CC[C@H](C)CC1. The topological polar surface area (TPSA) is 98.2 Å². The zero-order chi connectivity index (χ0) is 30.0. The number of hydrogen-bond donors (Lipinski definition) is 1. The molecule has 1 heterocycles. The third-order valence-corrected chi connectivity index (χ3v) is 7.03. The lowest BCUT2D eigenvalue weighted by molar-refractivity contribution is -0.138. The van der Waals surface area contributed by atoms with Gasteiger partial charge >= 0.3 is 12.1 Å². The van der Waals surface area contributed by atoms with E-state index >= 15 is 0 Å². The molecule has 3 rings (SSSR count). The Morgan fingerprint density at radius 2 is 1.68 bits per heavy atom. The monoisotopic (exact) mass is 580 g/mol. The summed E-state index contributed by atoms with van der Waals surface area (Å²) in [6.07, 6.45) is 1.09. The van der Waals surface area contributed by atoms with Crippen molar-refractivity contribution in [3.05, 3.63) is 47.7 Å². The van der Waals surface area contributed by atoms with Gasteiger partial charge in [0.2, 0.25) is 11.8 Å². The Morgan fingerprint density at radius 1 is 1.05 bits per heavy atom. The number of carboxylic acids is 1. The molecule has 0 bridgehead atoms. The first-order valence-electron chi connectivity index (χ1n) is 14.1. The molecule has 1 aromatic heterocycles. The lowest BCUT2D eigenvalue weighted by Crippen LogP contribution is -2.49. The van der Waals surface area contributed by atoms with Crippen molar-refractivity contribution in [1.82, 2.24) is 4.98 Å². The van der Waals surface area contributed by atoms with E-state index in [0.717, 1.165) is 50.1 Å². The number of carbonyl (C=O) groups is 2. The second kappa shape index (κ2) is 15.2. The molecule has 0 atom stereocenters. The van der Waals surface area contributed by atoms with Crippen molar-refractivity contribution in [2.75, 3.05) is 31.3 Å². The van der Waals surface area contributed by atoms with Gasteiger partial charge in [-0.1, -0.05) is 20.8 Å². The summed E-state index contributed by atoms with van der Waals surface area (Å²) in [5, 5.41) is 10.2. The summed E-state index contributed by atoms with van der Waals surface area (Å²) in [5.41, 5.74) is -1.28. The van der Waals surface area contributed by atoms with Gasteiger partial charge in [-0.25, -0.2) is 9.78 Å². The molecular weight excluding hydrogens is 541 g/mol. The third kappa shape index (κ3) is 8.90. The minimum atomic E-state index is -4.72. The zero-order valence-corrected chi connectivity index (χ0v) is 23.8. The Bertz CT molecular complexity index is 1140. The van der Waals surface area contributed by atoms with Gasteiger partial charge in [-0.05, 0) is 74.8 Å². The zero-order valence-electron chi connectivity index (χ0n) is 23.8. The molecule has 2 aromatic rings. The maximum atomic E-state index is 14.1. The van der Waals surface area contributed by atoms with Crippen molar-refractivity contribution in [3.8, 4) is 11.6 Å². The van der Waals surface area contributed by atoms with Crippen LogP contribution in [0.3, 0.4) is 0 Å². The molecule has 1 saturated carbocycles. The highest BCUT2D eigenvalue weighted by Gasteiger charge is 2.37. The predicted molar refractivity (Wildman–Crippen MR) is 147 cm³/mol. The fraction of sp³-hybridized carbons (Fsp3) is 0.567. The van der Waals surface area contributed by atoms with Crippen LogP contribution in [0, 0.1) is 11.8 Å². The van der Waals surface area contributed by atoms with Crippen molar-refractivity contribution in [2.24, 2.45) is 11.8 Å². The molecule has 1 amide bonds. The summed E-state index contributed by atoms with van der Waals surface area (Å²) in [5.74, 6) is -2.24. The van der Waals surface area contributed by atoms with Crippen LogP contribution < -0.4 is 9.64 Å². The van der Waals surface area contributed by atoms with Gasteiger partial charge in [-0.15, -0.1) is 0 Å². The number of rotatable bonds is 14. The van der Waals surface area contributed by atoms with E-state index in [1.165, 1.54) is 17.0 Å². The fourth-order valence-corrected chi connectivity index (χ4v) is 4.88. The second-order valence-electron chi connectivity index (χ2n) is 10.4. The molecule has 0 spiro atoms. The lowest BCUT2D eigenvalue weighted by Gasteiger charge is -2.37. The summed E-state index contributed by atoms with van der Waals surface area (Å²) in [7, 11) is 0. The van der Waals surface area contributed by atoms with Crippen molar-refractivity contribution in [3.63, 3.8) is 0 Å². The van der Waals surface area contributed by atoms with E-state index < -0.39 is 29.6 Å². The van der Waals surface area contributed by atoms with Crippen LogP contribution >= 0.6 is 0 Å². The van der Waals surface area contributed by atoms with E-state index in [4.69, 9.17) is 14.2 Å². The van der Waals surface area contributed by atoms with E-state index in [0.29, 0.717) is 32.0 Å². The molecule has 0 saturated heterocycles. The summed E-state index contributed by atoms with van der Waals surface area (Å²) >= 11 is 0. The lowest BCUT2D eigenvalue weighted by atomic mass is 9.82. The first kappa shape index (κ1) is 32.3. The maximum absolute atomic E-state index is 14.1. The molecule has 41 heavy (non-hydrogen) atoms. The molecule has 1 aliphatic rings. The highest BCUT2D eigenvalue weighted by molar-refractivity contribution is 6.03. The van der Waals surface area contributed by atoms with Gasteiger partial charge in [-0.2, -0.15) is 13.2 Å². The van der Waals surface area contributed by atoms with Gasteiger partial charge in [0.05, 0.1) is 30.5 Å². The average Bonchev–Trinajstić information content (AvgIpc) is 2.93. The van der Waals surface area contributed by atoms with Crippen molar-refractivity contribution >= 4 is 17.6 Å². The number of aromatic carboxylic acids is 1. The number of aromatic nitrogens is 1. The summed E-state index contributed by atoms with van der Waals surface area (Å²) < 4.78 is 57.5. The van der Waals surface area contributed by atoms with Crippen LogP contribution in [-0.2, 0) is 20.4 Å². The number of benzene rings is 1. The number of hydrogen-bond acceptors (Lipinski definition) is 6. The minimum Gasteiger partial charge on any atom is -0.478 e. The Kier molecular flexibility index (Phi) is 12.0. The van der Waals surface area contributed by atoms with Crippen LogP contribution in [0.1, 0.15) is 75.2 Å². The highest BCUT2D eigenvalue weighted by Crippen LogP contribution is 2.38. The van der Waals surface area contributed by atoms with Crippen molar-refractivity contribution < 1.29 is 42.1 Å². The van der Waals surface area contributed by atoms with Crippen LogP contribution in [0.4, 0.5) is 18.9 Å². The van der Waals surface area contributed by atoms with E-state index in [1.807, 2.05) is 13.8 Å². The standard InChI is InChI=1S/C30H39F3N2O6/c1-4-15-39-18-22(19-40-16-5-2)35(28(36)21-10-8-20(3)9-11-21)26-13-12-23(17-24(26)29(37)38)41-27-25(30(31,32)33)7-6-14-34-27/h6-7,12-14,17,20-22H,4-5,8-11,15-16,18-19H2,1-3H3,(H,37,38)/t20-,21-. The Labute approximate surface area is 238 Å². The fourth-order valence-electron chi connectivity index (χ4n) is 4.88. The van der Waals surface area contributed by atoms with E-state index in [1.54, 1.807) is 0 Å². The number of carboxylic acid groups (broad SMARTS) is 1. The normalized spacial score (nSPS) is 17.4. The molecule has 1 aliphatic carbocycles. The van der Waals surface area contributed by atoms with Gasteiger partial charge in [0.15, 0.2) is 0 Å². The van der Waals surface area contributed by atoms with Crippen LogP contribution in [0.15, 0.2) is 36.5 Å². The molecule has 0 unspecified atom stereocenters. The first-order chi connectivity index (χ1) is 19.6. The Balaban J connectivity index is 2.05. The number of anilines is 1. The van der Waals surface area contributed by atoms with Crippen LogP contribution in [0.2, 0.25) is 0 Å². The van der Waals surface area contributed by atoms with E-state index in [2.05, 4.69) is 11.9 Å². The van der Waals surface area contributed by atoms with Gasteiger partial charge < -0.3 is 24.2 Å². The van der Waals surface area contributed by atoms with E-state index in [9.17, 15) is 27.9 Å². The first-order valence-corrected chi connectivity index (χ1v) is 14.1. The van der Waals surface area contributed by atoms with E-state index in [-0.39, 0.29) is 42.0 Å². The largest absolute Gasteiger partial charge is 0.478 e. The number of halogens is 3. The molecule has 1 fully saturated rings. The highest BCUT2D eigenvalue weighted by atomic mass is 19.4. The molecule has 11 heteroatoms. The number of carbonyl (C=O) groups excluding carboxylic acids is 1. The predicted octanol–water partition coefficient (Wildman–Crippen LogP) is 6.97. The molecule has 1 aromatic carbocycles. The second-order valence-corrected chi connectivity index (χ2v) is 10.4. The number of nitrogens with zero attached hydrogens (tertiary/aromatic N) is 2. The smallest absolute Gasteiger partial charge is 0.421 e. The van der Waals surface area contributed by atoms with Crippen molar-refractivity contribution in [1.29, 1.82) is 0 Å². The van der Waals surface area contributed by atoms with Crippen LogP contribution in [-0.4, -0.2) is 54.4 Å². The molecule has 1 N–H and O–H groups in total. The number of pyridine rings is 1. The number of amides is 1. The van der Waals surface area contributed by atoms with Gasteiger partial charge in [0.1, 0.15) is 11.3 Å². The summed E-state index contributed by atoms with van der Waals surface area (Å²) in [6.45, 7) is 7.24. The molecule has 226 valence electrons. The van der Waals surface area contributed by atoms with Gasteiger partial charge in [0.25, 0.3) is 0 Å². The quantitative estimate of drug-likeness (QED) is 0.241. The average molecular weight is 581 g/mol. The minimum absolute atomic E-state index is 0.107. The number of alkyl halides is 3. The molecule has 8 nitrogen and oxygen atoms in total. The maximum Gasteiger partial charge on any atom is 0.421 e. The summed E-state index contributed by atoms with van der Waals surface area (Å²) in [4.78, 5) is 31.7. The van der Waals surface area contributed by atoms with Gasteiger partial charge in [0, 0.05) is 25.3 Å². The molecular formula is C30H39F3N2O6. The molecule has 0 radical (unpaired) electrons. The van der Waals surface area contributed by atoms with Crippen LogP contribution in [0.25, 0.3) is 0 Å². The number of ether oxygens (including phenoxy) is 3.